The van der Waals surface area contributed by atoms with Crippen LogP contribution in [0.3, 0.4) is 0 Å². The molecule has 0 N–H and O–H groups in total. The van der Waals surface area contributed by atoms with E-state index in [1.807, 2.05) is 0 Å². The maximum Gasteiger partial charge on any atom is 0.163 e. The molecule has 0 radical (unpaired) electrons. The topological polar surface area (TPSA) is 26.3 Å². The van der Waals surface area contributed by atoms with E-state index in [1.54, 1.807) is 12.1 Å². The van der Waals surface area contributed by atoms with E-state index >= 15 is 0 Å². The second-order valence-corrected chi connectivity index (χ2v) is 3.13. The normalized spacial score (nSPS) is 12.3. The van der Waals surface area contributed by atoms with Gasteiger partial charge in [-0.05, 0) is 31.5 Å². The smallest absolute Gasteiger partial charge is 0.163 e. The first kappa shape index (κ1) is 10.7. The minimum Gasteiger partial charge on any atom is -0.496 e. The summed E-state index contributed by atoms with van der Waals surface area (Å²) in [6, 6.07) is 4.77. The van der Waals surface area contributed by atoms with E-state index in [1.165, 1.54) is 27.0 Å². The van der Waals surface area contributed by atoms with Crippen LogP contribution in [-0.4, -0.2) is 12.9 Å². The summed E-state index contributed by atoms with van der Waals surface area (Å²) in [5.74, 6) is 0.367. The van der Waals surface area contributed by atoms with Crippen molar-refractivity contribution in [2.45, 2.75) is 20.0 Å². The number of rotatable bonds is 3. The third kappa shape index (κ3) is 2.10. The lowest BCUT2D eigenvalue weighted by Gasteiger charge is -2.08. The van der Waals surface area contributed by atoms with Gasteiger partial charge in [-0.2, -0.15) is 0 Å². The lowest BCUT2D eigenvalue weighted by molar-refractivity contribution is 0.101. The molecule has 0 heterocycles. The number of hydrogen-bond donors (Lipinski definition) is 0. The fourth-order valence-electron chi connectivity index (χ4n) is 1.25. The highest BCUT2D eigenvalue weighted by molar-refractivity contribution is 5.97. The molecule has 3 heteroatoms. The summed E-state index contributed by atoms with van der Waals surface area (Å²) >= 11 is 0. The molecule has 0 amide bonds. The third-order valence-electron chi connectivity index (χ3n) is 2.06. The first-order chi connectivity index (χ1) is 6.56. The molecular formula is C11H13FO2. The summed E-state index contributed by atoms with van der Waals surface area (Å²) in [4.78, 5) is 11.2. The van der Waals surface area contributed by atoms with Crippen molar-refractivity contribution in [3.8, 4) is 5.75 Å². The highest BCUT2D eigenvalue weighted by atomic mass is 19.1. The van der Waals surface area contributed by atoms with Crippen molar-refractivity contribution in [2.75, 3.05) is 7.11 Å². The van der Waals surface area contributed by atoms with Crippen LogP contribution in [0, 0.1) is 0 Å². The molecule has 14 heavy (non-hydrogen) atoms. The zero-order chi connectivity index (χ0) is 10.7. The number of halogens is 1. The Morgan fingerprint density at radius 3 is 2.57 bits per heavy atom. The van der Waals surface area contributed by atoms with Gasteiger partial charge in [-0.3, -0.25) is 4.79 Å². The van der Waals surface area contributed by atoms with Crippen molar-refractivity contribution in [2.24, 2.45) is 0 Å². The van der Waals surface area contributed by atoms with Crippen LogP contribution in [0.15, 0.2) is 18.2 Å². The lowest BCUT2D eigenvalue weighted by atomic mass is 10.0. The van der Waals surface area contributed by atoms with E-state index in [0.29, 0.717) is 16.9 Å². The minimum atomic E-state index is -1.07. The van der Waals surface area contributed by atoms with E-state index in [-0.39, 0.29) is 5.78 Å². The Hall–Kier alpha value is -1.38. The number of alkyl halides is 1. The Labute approximate surface area is 82.7 Å². The molecule has 0 aliphatic heterocycles. The molecule has 0 aliphatic rings. The van der Waals surface area contributed by atoms with Gasteiger partial charge in [-0.15, -0.1) is 0 Å². The van der Waals surface area contributed by atoms with Crippen LogP contribution in [0.1, 0.15) is 35.9 Å². The van der Waals surface area contributed by atoms with E-state index in [0.717, 1.165) is 0 Å². The van der Waals surface area contributed by atoms with Gasteiger partial charge in [0.05, 0.1) is 12.7 Å². The van der Waals surface area contributed by atoms with Crippen molar-refractivity contribution in [1.82, 2.24) is 0 Å². The molecule has 1 rings (SSSR count). The Balaban J connectivity index is 3.21. The molecule has 0 saturated carbocycles. The SMILES string of the molecule is COc1ccc(C(C)F)cc1C(C)=O. The molecule has 1 unspecified atom stereocenters. The quantitative estimate of drug-likeness (QED) is 0.695. The average molecular weight is 196 g/mol. The first-order valence-electron chi connectivity index (χ1n) is 4.39. The van der Waals surface area contributed by atoms with Crippen molar-refractivity contribution in [3.63, 3.8) is 0 Å². The number of ketones is 1. The number of benzene rings is 1. The third-order valence-corrected chi connectivity index (χ3v) is 2.06. The second-order valence-electron chi connectivity index (χ2n) is 3.13. The van der Waals surface area contributed by atoms with Gasteiger partial charge in [0.15, 0.2) is 5.78 Å². The van der Waals surface area contributed by atoms with Crippen molar-refractivity contribution in [3.05, 3.63) is 29.3 Å². The van der Waals surface area contributed by atoms with Crippen LogP contribution < -0.4 is 4.74 Å². The molecule has 1 aromatic carbocycles. The van der Waals surface area contributed by atoms with Crippen molar-refractivity contribution in [1.29, 1.82) is 0 Å². The zero-order valence-electron chi connectivity index (χ0n) is 8.50. The zero-order valence-corrected chi connectivity index (χ0v) is 8.50. The highest BCUT2D eigenvalue weighted by Gasteiger charge is 2.11. The van der Waals surface area contributed by atoms with Crippen LogP contribution in [0.2, 0.25) is 0 Å². The average Bonchev–Trinajstić information content (AvgIpc) is 2.16. The molecule has 0 spiro atoms. The number of carbonyl (C=O) groups is 1. The predicted octanol–water partition coefficient (Wildman–Crippen LogP) is 2.93. The Kier molecular flexibility index (Phi) is 3.23. The fraction of sp³-hybridized carbons (Fsp3) is 0.364. The molecule has 1 atom stereocenters. The monoisotopic (exact) mass is 196 g/mol. The van der Waals surface area contributed by atoms with Crippen LogP contribution in [0.5, 0.6) is 5.75 Å². The van der Waals surface area contributed by atoms with E-state index < -0.39 is 6.17 Å². The minimum absolute atomic E-state index is 0.121. The predicted molar refractivity (Wildman–Crippen MR) is 52.5 cm³/mol. The molecule has 0 aliphatic carbocycles. The number of hydrogen-bond acceptors (Lipinski definition) is 2. The Bertz CT molecular complexity index is 345. The van der Waals surface area contributed by atoms with Crippen LogP contribution in [-0.2, 0) is 0 Å². The van der Waals surface area contributed by atoms with Gasteiger partial charge in [0.2, 0.25) is 0 Å². The molecule has 0 saturated heterocycles. The van der Waals surface area contributed by atoms with Gasteiger partial charge in [-0.25, -0.2) is 4.39 Å². The Morgan fingerprint density at radius 2 is 2.14 bits per heavy atom. The van der Waals surface area contributed by atoms with E-state index in [2.05, 4.69) is 0 Å². The largest absolute Gasteiger partial charge is 0.496 e. The van der Waals surface area contributed by atoms with Gasteiger partial charge in [0, 0.05) is 0 Å². The van der Waals surface area contributed by atoms with Gasteiger partial charge < -0.3 is 4.74 Å². The lowest BCUT2D eigenvalue weighted by Crippen LogP contribution is -1.99. The molecule has 0 aromatic heterocycles. The highest BCUT2D eigenvalue weighted by Crippen LogP contribution is 2.25. The summed E-state index contributed by atoms with van der Waals surface area (Å²) < 4.78 is 18.0. The second kappa shape index (κ2) is 4.22. The van der Waals surface area contributed by atoms with Crippen molar-refractivity contribution < 1.29 is 13.9 Å². The van der Waals surface area contributed by atoms with Gasteiger partial charge in [0.1, 0.15) is 11.9 Å². The standard InChI is InChI=1S/C11H13FO2/c1-7(12)9-4-5-11(14-3)10(6-9)8(2)13/h4-7H,1-3H3. The molecule has 76 valence electrons. The molecular weight excluding hydrogens is 183 g/mol. The summed E-state index contributed by atoms with van der Waals surface area (Å²) in [6.45, 7) is 2.87. The van der Waals surface area contributed by atoms with Gasteiger partial charge in [-0.1, -0.05) is 6.07 Å². The summed E-state index contributed by atoms with van der Waals surface area (Å²) in [5, 5.41) is 0. The van der Waals surface area contributed by atoms with Crippen LogP contribution in [0.25, 0.3) is 0 Å². The number of carbonyl (C=O) groups excluding carboxylic acids is 1. The Morgan fingerprint density at radius 1 is 1.50 bits per heavy atom. The van der Waals surface area contributed by atoms with Gasteiger partial charge in [0.25, 0.3) is 0 Å². The maximum atomic E-state index is 13.0. The maximum absolute atomic E-state index is 13.0. The summed E-state index contributed by atoms with van der Waals surface area (Å²) in [5.41, 5.74) is 0.922. The van der Waals surface area contributed by atoms with Gasteiger partial charge >= 0.3 is 0 Å². The fourth-order valence-corrected chi connectivity index (χ4v) is 1.25. The summed E-state index contributed by atoms with van der Waals surface area (Å²) in [6.07, 6.45) is -1.07. The number of ether oxygens (including phenoxy) is 1. The molecule has 0 bridgehead atoms. The number of Topliss-reactive ketones (excluding diaryl/α,β-unsaturated/α-hetero) is 1. The molecule has 2 nitrogen and oxygen atoms in total. The molecule has 0 fully saturated rings. The van der Waals surface area contributed by atoms with E-state index in [9.17, 15) is 9.18 Å². The van der Waals surface area contributed by atoms with Crippen molar-refractivity contribution >= 4 is 5.78 Å². The summed E-state index contributed by atoms with van der Waals surface area (Å²) in [7, 11) is 1.49. The van der Waals surface area contributed by atoms with Crippen LogP contribution in [0.4, 0.5) is 4.39 Å². The van der Waals surface area contributed by atoms with E-state index in [4.69, 9.17) is 4.74 Å². The first-order valence-corrected chi connectivity index (χ1v) is 4.39. The van der Waals surface area contributed by atoms with Crippen LogP contribution >= 0.6 is 0 Å². The number of methoxy groups -OCH3 is 1. The molecule has 1 aromatic rings.